The number of benzene rings is 1. The predicted molar refractivity (Wildman–Crippen MR) is 71.3 cm³/mol. The molecule has 5 heteroatoms. The van der Waals surface area contributed by atoms with Gasteiger partial charge in [0.2, 0.25) is 0 Å². The van der Waals surface area contributed by atoms with Crippen LogP contribution in [-0.2, 0) is 6.61 Å². The van der Waals surface area contributed by atoms with E-state index in [4.69, 9.17) is 26.3 Å². The van der Waals surface area contributed by atoms with Crippen LogP contribution in [-0.4, -0.2) is 12.1 Å². The second kappa shape index (κ2) is 6.07. The summed E-state index contributed by atoms with van der Waals surface area (Å²) in [5.41, 5.74) is 1.19. The van der Waals surface area contributed by atoms with Gasteiger partial charge in [-0.05, 0) is 17.7 Å². The molecule has 0 atom stereocenters. The number of hydrogen-bond acceptors (Lipinski definition) is 4. The van der Waals surface area contributed by atoms with Crippen LogP contribution in [0.5, 0.6) is 11.5 Å². The van der Waals surface area contributed by atoms with Gasteiger partial charge in [-0.3, -0.25) is 0 Å². The fourth-order valence-corrected chi connectivity index (χ4v) is 1.67. The molecule has 1 heterocycles. The van der Waals surface area contributed by atoms with Gasteiger partial charge in [0.25, 0.3) is 0 Å². The molecule has 1 aromatic carbocycles. The highest BCUT2D eigenvalue weighted by Gasteiger charge is 2.03. The van der Waals surface area contributed by atoms with Crippen molar-refractivity contribution in [3.8, 4) is 17.6 Å². The number of nitriles is 1. The van der Waals surface area contributed by atoms with E-state index in [2.05, 4.69) is 4.98 Å². The van der Waals surface area contributed by atoms with Crippen LogP contribution in [0.15, 0.2) is 36.5 Å². The third-order valence-corrected chi connectivity index (χ3v) is 2.77. The maximum Gasteiger partial charge on any atom is 0.159 e. The minimum atomic E-state index is 0.193. The van der Waals surface area contributed by atoms with E-state index >= 15 is 0 Å². The minimum Gasteiger partial charge on any atom is -0.497 e. The summed E-state index contributed by atoms with van der Waals surface area (Å²) in [6.07, 6.45) is 1.48. The summed E-state index contributed by atoms with van der Waals surface area (Å²) in [6, 6.07) is 11.0. The van der Waals surface area contributed by atoms with E-state index in [1.165, 1.54) is 6.20 Å². The maximum atomic E-state index is 8.72. The Kier molecular flexibility index (Phi) is 4.22. The van der Waals surface area contributed by atoms with Crippen molar-refractivity contribution in [3.63, 3.8) is 0 Å². The van der Waals surface area contributed by atoms with Crippen LogP contribution in [0.4, 0.5) is 0 Å². The molecule has 0 aliphatic heterocycles. The number of aromatic nitrogens is 1. The molecule has 0 saturated carbocycles. The molecule has 0 aliphatic rings. The third kappa shape index (κ3) is 3.36. The van der Waals surface area contributed by atoms with Crippen LogP contribution in [0, 0.1) is 11.3 Å². The standard InChI is InChI=1S/C14H11ClN2O2/c1-18-11-4-2-10(3-5-11)9-19-12-6-13(15)14(7-16)17-8-12/h2-6,8H,9H2,1H3. The average molecular weight is 275 g/mol. The molecule has 0 fully saturated rings. The molecule has 2 aromatic rings. The Morgan fingerprint density at radius 3 is 2.58 bits per heavy atom. The van der Waals surface area contributed by atoms with Crippen LogP contribution in [0.25, 0.3) is 0 Å². The first-order chi connectivity index (χ1) is 9.22. The summed E-state index contributed by atoms with van der Waals surface area (Å²) in [5, 5.41) is 9.00. The van der Waals surface area contributed by atoms with Crippen LogP contribution in [0.2, 0.25) is 5.02 Å². The molecular formula is C14H11ClN2O2. The van der Waals surface area contributed by atoms with E-state index in [1.807, 2.05) is 30.3 Å². The molecule has 0 unspecified atom stereocenters. The van der Waals surface area contributed by atoms with Gasteiger partial charge >= 0.3 is 0 Å². The van der Waals surface area contributed by atoms with Crippen molar-refractivity contribution in [2.24, 2.45) is 0 Å². The second-order valence-corrected chi connectivity index (χ2v) is 4.16. The molecule has 19 heavy (non-hydrogen) atoms. The van der Waals surface area contributed by atoms with E-state index in [-0.39, 0.29) is 10.7 Å². The lowest BCUT2D eigenvalue weighted by molar-refractivity contribution is 0.304. The molecule has 1 aromatic heterocycles. The fraction of sp³-hybridized carbons (Fsp3) is 0.143. The number of hydrogen-bond donors (Lipinski definition) is 0. The highest BCUT2D eigenvalue weighted by Crippen LogP contribution is 2.20. The smallest absolute Gasteiger partial charge is 0.159 e. The van der Waals surface area contributed by atoms with Crippen molar-refractivity contribution in [1.82, 2.24) is 4.98 Å². The quantitative estimate of drug-likeness (QED) is 0.859. The fourth-order valence-electron chi connectivity index (χ4n) is 1.47. The summed E-state index contributed by atoms with van der Waals surface area (Å²) in [7, 11) is 1.62. The van der Waals surface area contributed by atoms with Gasteiger partial charge in [0.15, 0.2) is 5.69 Å². The lowest BCUT2D eigenvalue weighted by Gasteiger charge is -2.07. The molecule has 2 rings (SSSR count). The zero-order valence-corrected chi connectivity index (χ0v) is 11.0. The molecular weight excluding hydrogens is 264 g/mol. The van der Waals surface area contributed by atoms with E-state index in [0.29, 0.717) is 12.4 Å². The Hall–Kier alpha value is -2.25. The summed E-state index contributed by atoms with van der Waals surface area (Å²) in [5.74, 6) is 1.33. The number of pyridine rings is 1. The van der Waals surface area contributed by atoms with E-state index in [0.717, 1.165) is 11.3 Å². The van der Waals surface area contributed by atoms with E-state index < -0.39 is 0 Å². The van der Waals surface area contributed by atoms with Crippen molar-refractivity contribution in [2.75, 3.05) is 7.11 Å². The van der Waals surface area contributed by atoms with Gasteiger partial charge in [-0.1, -0.05) is 23.7 Å². The first-order valence-electron chi connectivity index (χ1n) is 5.54. The molecule has 4 nitrogen and oxygen atoms in total. The predicted octanol–water partition coefficient (Wildman–Crippen LogP) is 3.19. The molecule has 0 spiro atoms. The summed E-state index contributed by atoms with van der Waals surface area (Å²) in [6.45, 7) is 0.397. The Balaban J connectivity index is 2.02. The monoisotopic (exact) mass is 274 g/mol. The number of ether oxygens (including phenoxy) is 2. The van der Waals surface area contributed by atoms with Crippen LogP contribution >= 0.6 is 11.6 Å². The Bertz CT molecular complexity index is 606. The maximum absolute atomic E-state index is 8.72. The number of halogens is 1. The summed E-state index contributed by atoms with van der Waals surface area (Å²) >= 11 is 5.87. The van der Waals surface area contributed by atoms with Crippen molar-refractivity contribution in [3.05, 3.63) is 52.8 Å². The Labute approximate surface area is 116 Å². The summed E-state index contributed by atoms with van der Waals surface area (Å²) < 4.78 is 10.6. The van der Waals surface area contributed by atoms with Crippen LogP contribution in [0.3, 0.4) is 0 Å². The van der Waals surface area contributed by atoms with Crippen molar-refractivity contribution in [2.45, 2.75) is 6.61 Å². The molecule has 0 radical (unpaired) electrons. The number of methoxy groups -OCH3 is 1. The SMILES string of the molecule is COc1ccc(COc2cnc(C#N)c(Cl)c2)cc1. The third-order valence-electron chi connectivity index (χ3n) is 2.49. The largest absolute Gasteiger partial charge is 0.497 e. The number of nitrogens with zero attached hydrogens (tertiary/aromatic N) is 2. The lowest BCUT2D eigenvalue weighted by atomic mass is 10.2. The molecule has 0 bridgehead atoms. The first-order valence-corrected chi connectivity index (χ1v) is 5.92. The van der Waals surface area contributed by atoms with Crippen molar-refractivity contribution in [1.29, 1.82) is 5.26 Å². The molecule has 0 saturated heterocycles. The highest BCUT2D eigenvalue weighted by molar-refractivity contribution is 6.31. The van der Waals surface area contributed by atoms with Gasteiger partial charge in [-0.15, -0.1) is 0 Å². The van der Waals surface area contributed by atoms with Gasteiger partial charge in [0.1, 0.15) is 24.2 Å². The molecule has 0 aliphatic carbocycles. The lowest BCUT2D eigenvalue weighted by Crippen LogP contribution is -1.97. The van der Waals surface area contributed by atoms with E-state index in [1.54, 1.807) is 13.2 Å². The van der Waals surface area contributed by atoms with Gasteiger partial charge < -0.3 is 9.47 Å². The minimum absolute atomic E-state index is 0.193. The first kappa shape index (κ1) is 13.2. The van der Waals surface area contributed by atoms with Crippen LogP contribution < -0.4 is 9.47 Å². The highest BCUT2D eigenvalue weighted by atomic mass is 35.5. The zero-order chi connectivity index (χ0) is 13.7. The van der Waals surface area contributed by atoms with E-state index in [9.17, 15) is 0 Å². The van der Waals surface area contributed by atoms with Gasteiger partial charge in [-0.2, -0.15) is 5.26 Å². The molecule has 0 amide bonds. The average Bonchev–Trinajstić information content (AvgIpc) is 2.46. The normalized spacial score (nSPS) is 9.74. The van der Waals surface area contributed by atoms with Crippen molar-refractivity contribution < 1.29 is 9.47 Å². The molecule has 0 N–H and O–H groups in total. The number of rotatable bonds is 4. The van der Waals surface area contributed by atoms with Crippen molar-refractivity contribution >= 4 is 11.6 Å². The second-order valence-electron chi connectivity index (χ2n) is 3.75. The zero-order valence-electron chi connectivity index (χ0n) is 10.3. The van der Waals surface area contributed by atoms with Gasteiger partial charge in [-0.25, -0.2) is 4.98 Å². The van der Waals surface area contributed by atoms with Gasteiger partial charge in [0.05, 0.1) is 18.3 Å². The van der Waals surface area contributed by atoms with Crippen LogP contribution in [0.1, 0.15) is 11.3 Å². The topological polar surface area (TPSA) is 55.1 Å². The Morgan fingerprint density at radius 2 is 2.00 bits per heavy atom. The molecule has 96 valence electrons. The Morgan fingerprint density at radius 1 is 1.26 bits per heavy atom. The van der Waals surface area contributed by atoms with Gasteiger partial charge in [0, 0.05) is 6.07 Å². The summed E-state index contributed by atoms with van der Waals surface area (Å²) in [4.78, 5) is 3.90.